The van der Waals surface area contributed by atoms with E-state index in [1.54, 1.807) is 6.07 Å². The van der Waals surface area contributed by atoms with E-state index in [2.05, 4.69) is 54.9 Å². The Labute approximate surface area is 177 Å². The van der Waals surface area contributed by atoms with Crippen LogP contribution in [0.2, 0.25) is 0 Å². The molecule has 0 aliphatic heterocycles. The first kappa shape index (κ1) is 23.2. The van der Waals surface area contributed by atoms with Crippen molar-refractivity contribution in [2.24, 2.45) is 0 Å². The molecule has 1 nitrogen and oxygen atoms in total. The molecule has 0 aromatic heterocycles. The van der Waals surface area contributed by atoms with Gasteiger partial charge in [0.1, 0.15) is 5.82 Å². The van der Waals surface area contributed by atoms with Gasteiger partial charge in [0.15, 0.2) is 0 Å². The van der Waals surface area contributed by atoms with E-state index in [9.17, 15) is 4.39 Å². The third kappa shape index (κ3) is 9.29. The Hall–Kier alpha value is -2.11. The van der Waals surface area contributed by atoms with Crippen molar-refractivity contribution in [3.05, 3.63) is 71.0 Å². The van der Waals surface area contributed by atoms with Crippen LogP contribution in [0.3, 0.4) is 0 Å². The largest absolute Gasteiger partial charge is 0.299 e. The molecule has 2 heteroatoms. The molecule has 0 aliphatic rings. The fourth-order valence-electron chi connectivity index (χ4n) is 3.44. The van der Waals surface area contributed by atoms with Crippen molar-refractivity contribution in [3.63, 3.8) is 0 Å². The zero-order valence-corrected chi connectivity index (χ0v) is 18.2. The summed E-state index contributed by atoms with van der Waals surface area (Å²) in [7, 11) is 0. The molecule has 0 saturated carbocycles. The number of rotatable bonds is 12. The highest BCUT2D eigenvalue weighted by atomic mass is 19.1. The first-order valence-corrected chi connectivity index (χ1v) is 11.3. The van der Waals surface area contributed by atoms with Crippen LogP contribution in [0.1, 0.15) is 75.5 Å². The lowest BCUT2D eigenvalue weighted by Gasteiger charge is -2.20. The number of nitrogens with zero attached hydrogens (tertiary/aromatic N) is 1. The first-order valence-electron chi connectivity index (χ1n) is 11.3. The third-order valence-corrected chi connectivity index (χ3v) is 5.35. The molecule has 2 aromatic rings. The van der Waals surface area contributed by atoms with E-state index in [0.717, 1.165) is 43.6 Å². The number of likely N-dealkylation sites (N-methyl/N-ethyl adjacent to an activating group) is 1. The number of hydrogen-bond donors (Lipinski definition) is 0. The predicted octanol–water partition coefficient (Wildman–Crippen LogP) is 6.99. The minimum absolute atomic E-state index is 0.104. The molecule has 0 atom stereocenters. The predicted molar refractivity (Wildman–Crippen MR) is 122 cm³/mol. The van der Waals surface area contributed by atoms with Crippen LogP contribution in [-0.4, -0.2) is 18.0 Å². The molecule has 29 heavy (non-hydrogen) atoms. The number of benzene rings is 2. The van der Waals surface area contributed by atoms with E-state index in [1.807, 2.05) is 12.1 Å². The van der Waals surface area contributed by atoms with Crippen LogP contribution in [0, 0.1) is 17.7 Å². The quantitative estimate of drug-likeness (QED) is 0.277. The maximum Gasteiger partial charge on any atom is 0.126 e. The lowest BCUT2D eigenvalue weighted by Crippen LogP contribution is -2.25. The summed E-state index contributed by atoms with van der Waals surface area (Å²) >= 11 is 0. The fourth-order valence-corrected chi connectivity index (χ4v) is 3.44. The molecule has 0 N–H and O–H groups in total. The highest BCUT2D eigenvalue weighted by Crippen LogP contribution is 2.11. The summed E-state index contributed by atoms with van der Waals surface area (Å²) < 4.78 is 13.8. The van der Waals surface area contributed by atoms with Crippen molar-refractivity contribution in [3.8, 4) is 11.8 Å². The lowest BCUT2D eigenvalue weighted by atomic mass is 10.1. The van der Waals surface area contributed by atoms with Crippen LogP contribution in [0.4, 0.5) is 4.39 Å². The summed E-state index contributed by atoms with van der Waals surface area (Å²) in [6.07, 6.45) is 9.61. The van der Waals surface area contributed by atoms with Crippen molar-refractivity contribution in [1.29, 1.82) is 0 Å². The molecule has 0 bridgehead atoms. The van der Waals surface area contributed by atoms with Crippen LogP contribution in [0.5, 0.6) is 0 Å². The van der Waals surface area contributed by atoms with E-state index in [1.165, 1.54) is 50.2 Å². The van der Waals surface area contributed by atoms with E-state index in [0.29, 0.717) is 0 Å². The van der Waals surface area contributed by atoms with Gasteiger partial charge in [0.2, 0.25) is 0 Å². The van der Waals surface area contributed by atoms with Crippen molar-refractivity contribution >= 4 is 0 Å². The van der Waals surface area contributed by atoms with Gasteiger partial charge >= 0.3 is 0 Å². The highest BCUT2D eigenvalue weighted by Gasteiger charge is 2.06. The van der Waals surface area contributed by atoms with Gasteiger partial charge in [-0.2, -0.15) is 0 Å². The van der Waals surface area contributed by atoms with Crippen molar-refractivity contribution < 1.29 is 4.39 Å². The molecule has 0 unspecified atom stereocenters. The van der Waals surface area contributed by atoms with Gasteiger partial charge in [-0.25, -0.2) is 4.39 Å². The van der Waals surface area contributed by atoms with Crippen LogP contribution in [-0.2, 0) is 13.0 Å². The molecule has 0 saturated heterocycles. The van der Waals surface area contributed by atoms with Crippen molar-refractivity contribution in [2.75, 3.05) is 13.1 Å². The Balaban J connectivity index is 1.74. The van der Waals surface area contributed by atoms with Crippen molar-refractivity contribution in [1.82, 2.24) is 4.90 Å². The number of halogens is 1. The topological polar surface area (TPSA) is 3.24 Å². The Kier molecular flexibility index (Phi) is 11.2. The summed E-state index contributed by atoms with van der Waals surface area (Å²) in [5.41, 5.74) is 3.16. The zero-order valence-electron chi connectivity index (χ0n) is 18.2. The molecule has 0 amide bonds. The maximum atomic E-state index is 13.8. The maximum absolute atomic E-state index is 13.8. The van der Waals surface area contributed by atoms with Gasteiger partial charge in [0, 0.05) is 25.1 Å². The standard InChI is InChI=1S/C27H36FN/c1-3-5-6-7-8-9-10-11-14-24-17-19-25(20-18-24)23-29(4-2)22-21-26-15-12-13-16-27(26)28/h12-13,15-20H,3-10,21-23H2,1-2H3. The second kappa shape index (κ2) is 14.0. The van der Waals surface area contributed by atoms with E-state index in [4.69, 9.17) is 0 Å². The molecular formula is C27H36FN. The molecule has 0 heterocycles. The van der Waals surface area contributed by atoms with E-state index >= 15 is 0 Å². The monoisotopic (exact) mass is 393 g/mol. The summed E-state index contributed by atoms with van der Waals surface area (Å²) in [5.74, 6) is 6.50. The Morgan fingerprint density at radius 3 is 2.31 bits per heavy atom. The molecule has 0 radical (unpaired) electrons. The zero-order chi connectivity index (χ0) is 20.7. The molecular weight excluding hydrogens is 357 g/mol. The second-order valence-corrected chi connectivity index (χ2v) is 7.73. The Morgan fingerprint density at radius 1 is 0.862 bits per heavy atom. The molecule has 2 aromatic carbocycles. The smallest absolute Gasteiger partial charge is 0.126 e. The van der Waals surface area contributed by atoms with Crippen LogP contribution >= 0.6 is 0 Å². The normalized spacial score (nSPS) is 10.8. The molecule has 0 aliphatic carbocycles. The van der Waals surface area contributed by atoms with Crippen molar-refractivity contribution in [2.45, 2.75) is 71.8 Å². The lowest BCUT2D eigenvalue weighted by molar-refractivity contribution is 0.282. The average Bonchev–Trinajstić information content (AvgIpc) is 2.75. The molecule has 156 valence electrons. The summed E-state index contributed by atoms with van der Waals surface area (Å²) in [6.45, 7) is 7.10. The van der Waals surface area contributed by atoms with Gasteiger partial charge < -0.3 is 0 Å². The number of unbranched alkanes of at least 4 members (excludes halogenated alkanes) is 6. The van der Waals surface area contributed by atoms with Crippen LogP contribution in [0.15, 0.2) is 48.5 Å². The second-order valence-electron chi connectivity index (χ2n) is 7.73. The first-order chi connectivity index (χ1) is 14.2. The molecule has 0 spiro atoms. The molecule has 0 fully saturated rings. The number of hydrogen-bond acceptors (Lipinski definition) is 1. The van der Waals surface area contributed by atoms with Gasteiger partial charge in [-0.05, 0) is 48.7 Å². The minimum Gasteiger partial charge on any atom is -0.299 e. The summed E-state index contributed by atoms with van der Waals surface area (Å²) in [5, 5.41) is 0. The Bertz CT molecular complexity index is 754. The van der Waals surface area contributed by atoms with Gasteiger partial charge in [-0.3, -0.25) is 4.90 Å². The minimum atomic E-state index is -0.104. The van der Waals surface area contributed by atoms with E-state index in [-0.39, 0.29) is 5.82 Å². The van der Waals surface area contributed by atoms with Crippen LogP contribution < -0.4 is 0 Å². The molecule has 2 rings (SSSR count). The van der Waals surface area contributed by atoms with Gasteiger partial charge in [0.25, 0.3) is 0 Å². The van der Waals surface area contributed by atoms with Gasteiger partial charge in [0.05, 0.1) is 0 Å². The summed E-state index contributed by atoms with van der Waals surface area (Å²) in [4.78, 5) is 2.35. The average molecular weight is 394 g/mol. The van der Waals surface area contributed by atoms with Gasteiger partial charge in [-0.1, -0.05) is 88.1 Å². The summed E-state index contributed by atoms with van der Waals surface area (Å²) in [6, 6.07) is 15.6. The van der Waals surface area contributed by atoms with Gasteiger partial charge in [-0.15, -0.1) is 0 Å². The third-order valence-electron chi connectivity index (χ3n) is 5.35. The Morgan fingerprint density at radius 2 is 1.59 bits per heavy atom. The fraction of sp³-hybridized carbons (Fsp3) is 0.481. The van der Waals surface area contributed by atoms with E-state index < -0.39 is 0 Å². The SMILES string of the molecule is CCCCCCCCC#Cc1ccc(CN(CC)CCc2ccccc2F)cc1. The van der Waals surface area contributed by atoms with Crippen LogP contribution in [0.25, 0.3) is 0 Å². The highest BCUT2D eigenvalue weighted by molar-refractivity contribution is 5.36.